The second kappa shape index (κ2) is 4.88. The Morgan fingerprint density at radius 3 is 2.58 bits per heavy atom. The summed E-state index contributed by atoms with van der Waals surface area (Å²) >= 11 is 0. The summed E-state index contributed by atoms with van der Waals surface area (Å²) in [6.45, 7) is 2.22. The van der Waals surface area contributed by atoms with Crippen LogP contribution < -0.4 is 0 Å². The van der Waals surface area contributed by atoms with Crippen molar-refractivity contribution in [3.63, 3.8) is 0 Å². The van der Waals surface area contributed by atoms with Gasteiger partial charge in [0.1, 0.15) is 11.2 Å². The van der Waals surface area contributed by atoms with Crippen molar-refractivity contribution in [1.29, 1.82) is 0 Å². The Kier molecular flexibility index (Phi) is 2.78. The normalized spacial score (nSPS) is 12.1. The molecule has 0 bridgehead atoms. The van der Waals surface area contributed by atoms with E-state index in [1.807, 2.05) is 0 Å². The number of hydrogen-bond acceptors (Lipinski definition) is 1. The van der Waals surface area contributed by atoms with Crippen LogP contribution >= 0.6 is 0 Å². The quantitative estimate of drug-likeness (QED) is 0.380. The maximum Gasteiger partial charge on any atom is 0.137 e. The van der Waals surface area contributed by atoms with Crippen molar-refractivity contribution in [3.05, 3.63) is 60.2 Å². The Morgan fingerprint density at radius 2 is 1.71 bits per heavy atom. The zero-order valence-corrected chi connectivity index (χ0v) is 14.0. The second-order valence-corrected chi connectivity index (χ2v) is 6.59. The van der Waals surface area contributed by atoms with Crippen molar-refractivity contribution in [3.8, 4) is 0 Å². The van der Waals surface area contributed by atoms with Crippen molar-refractivity contribution in [1.82, 2.24) is 4.57 Å². The fourth-order valence-corrected chi connectivity index (χ4v) is 4.02. The van der Waals surface area contributed by atoms with Gasteiger partial charge in [0, 0.05) is 28.7 Å². The highest BCUT2D eigenvalue weighted by Crippen LogP contribution is 2.38. The van der Waals surface area contributed by atoms with Crippen molar-refractivity contribution in [2.24, 2.45) is 7.05 Å². The van der Waals surface area contributed by atoms with Gasteiger partial charge in [0.15, 0.2) is 0 Å². The maximum absolute atomic E-state index is 6.13. The summed E-state index contributed by atoms with van der Waals surface area (Å²) in [5, 5.41) is 5.06. The van der Waals surface area contributed by atoms with Crippen molar-refractivity contribution < 1.29 is 4.42 Å². The highest BCUT2D eigenvalue weighted by atomic mass is 16.3. The Balaban J connectivity index is 2.02. The van der Waals surface area contributed by atoms with Gasteiger partial charge in [-0.3, -0.25) is 0 Å². The molecule has 2 aromatic heterocycles. The second-order valence-electron chi connectivity index (χ2n) is 6.59. The molecule has 5 aromatic rings. The summed E-state index contributed by atoms with van der Waals surface area (Å²) in [6.07, 6.45) is 2.26. The Bertz CT molecular complexity index is 1220. The predicted molar refractivity (Wildman–Crippen MR) is 102 cm³/mol. The van der Waals surface area contributed by atoms with E-state index in [-0.39, 0.29) is 0 Å². The monoisotopic (exact) mass is 313 g/mol. The van der Waals surface area contributed by atoms with Crippen LogP contribution in [-0.4, -0.2) is 4.57 Å². The van der Waals surface area contributed by atoms with Gasteiger partial charge < -0.3 is 8.98 Å². The third kappa shape index (κ3) is 1.71. The van der Waals surface area contributed by atoms with Gasteiger partial charge in [-0.15, -0.1) is 0 Å². The van der Waals surface area contributed by atoms with Gasteiger partial charge >= 0.3 is 0 Å². The third-order valence-corrected chi connectivity index (χ3v) is 5.10. The Morgan fingerprint density at radius 1 is 0.875 bits per heavy atom. The number of furan rings is 1. The van der Waals surface area contributed by atoms with E-state index >= 15 is 0 Å². The fraction of sp³-hybridized carbons (Fsp3) is 0.182. The number of hydrogen-bond donors (Lipinski definition) is 0. The minimum absolute atomic E-state index is 0.969. The lowest BCUT2D eigenvalue weighted by Crippen LogP contribution is -1.87. The van der Waals surface area contributed by atoms with Crippen LogP contribution in [0.15, 0.2) is 59.0 Å². The first-order valence-electron chi connectivity index (χ1n) is 8.59. The fourth-order valence-electron chi connectivity index (χ4n) is 4.02. The molecule has 0 aliphatic carbocycles. The van der Waals surface area contributed by atoms with Crippen LogP contribution in [0.4, 0.5) is 0 Å². The summed E-state index contributed by atoms with van der Waals surface area (Å²) in [5.74, 6) is 0. The molecule has 2 nitrogen and oxygen atoms in total. The number of aromatic nitrogens is 1. The van der Waals surface area contributed by atoms with E-state index in [2.05, 4.69) is 73.1 Å². The van der Waals surface area contributed by atoms with Gasteiger partial charge in [-0.05, 0) is 42.3 Å². The first-order chi connectivity index (χ1) is 11.8. The average Bonchev–Trinajstić information content (AvgIpc) is 3.11. The first-order valence-corrected chi connectivity index (χ1v) is 8.59. The van der Waals surface area contributed by atoms with E-state index in [1.165, 1.54) is 38.1 Å². The van der Waals surface area contributed by atoms with Gasteiger partial charge in [0.25, 0.3) is 0 Å². The van der Waals surface area contributed by atoms with Crippen LogP contribution in [-0.2, 0) is 13.5 Å². The number of aryl methyl sites for hydroxylation is 2. The van der Waals surface area contributed by atoms with Crippen LogP contribution in [0.3, 0.4) is 0 Å². The molecule has 0 amide bonds. The largest absolute Gasteiger partial charge is 0.456 e. The van der Waals surface area contributed by atoms with Gasteiger partial charge in [-0.2, -0.15) is 0 Å². The molecule has 0 aliphatic heterocycles. The first kappa shape index (κ1) is 13.7. The van der Waals surface area contributed by atoms with E-state index < -0.39 is 0 Å². The molecule has 2 heterocycles. The van der Waals surface area contributed by atoms with Gasteiger partial charge in [-0.25, -0.2) is 0 Å². The standard InChI is InChI=1S/C22H19NO/c1-3-6-14-9-11-19-17(13-14)21-20(24-19)12-10-16-15-7-4-5-8-18(15)23(2)22(16)21/h4-5,7-13H,3,6H2,1-2H3. The highest BCUT2D eigenvalue weighted by Gasteiger charge is 2.16. The predicted octanol–water partition coefficient (Wildman–Crippen LogP) is 6.18. The molecule has 24 heavy (non-hydrogen) atoms. The molecule has 3 aromatic carbocycles. The summed E-state index contributed by atoms with van der Waals surface area (Å²) in [6, 6.07) is 19.5. The van der Waals surface area contributed by atoms with E-state index in [4.69, 9.17) is 4.42 Å². The molecule has 0 atom stereocenters. The number of rotatable bonds is 2. The molecule has 5 rings (SSSR count). The zero-order chi connectivity index (χ0) is 16.3. The van der Waals surface area contributed by atoms with Gasteiger partial charge in [0.2, 0.25) is 0 Å². The van der Waals surface area contributed by atoms with Crippen LogP contribution in [0.25, 0.3) is 43.7 Å². The molecule has 0 radical (unpaired) electrons. The molecule has 118 valence electrons. The summed E-state index contributed by atoms with van der Waals surface area (Å²) < 4.78 is 8.43. The highest BCUT2D eigenvalue weighted by molar-refractivity contribution is 6.23. The SMILES string of the molecule is CCCc1ccc2oc3ccc4c5ccccc5n(C)c4c3c2c1. The zero-order valence-electron chi connectivity index (χ0n) is 14.0. The van der Waals surface area contributed by atoms with E-state index in [0.29, 0.717) is 0 Å². The number of nitrogens with zero attached hydrogens (tertiary/aromatic N) is 1. The van der Waals surface area contributed by atoms with E-state index in [1.54, 1.807) is 0 Å². The third-order valence-electron chi connectivity index (χ3n) is 5.10. The Labute approximate surface area is 140 Å². The van der Waals surface area contributed by atoms with Crippen molar-refractivity contribution in [2.75, 3.05) is 0 Å². The lowest BCUT2D eigenvalue weighted by molar-refractivity contribution is 0.669. The summed E-state index contributed by atoms with van der Waals surface area (Å²) in [4.78, 5) is 0. The van der Waals surface area contributed by atoms with Crippen LogP contribution in [0.1, 0.15) is 18.9 Å². The summed E-state index contributed by atoms with van der Waals surface area (Å²) in [5.41, 5.74) is 5.85. The Hall–Kier alpha value is -2.74. The van der Waals surface area contributed by atoms with Crippen molar-refractivity contribution in [2.45, 2.75) is 19.8 Å². The summed E-state index contributed by atoms with van der Waals surface area (Å²) in [7, 11) is 2.15. The van der Waals surface area contributed by atoms with Crippen molar-refractivity contribution >= 4 is 43.7 Å². The number of benzene rings is 3. The molecule has 0 saturated carbocycles. The van der Waals surface area contributed by atoms with Crippen LogP contribution in [0.5, 0.6) is 0 Å². The maximum atomic E-state index is 6.13. The molecular formula is C22H19NO. The molecule has 2 heteroatoms. The molecule has 0 spiro atoms. The molecule has 0 fully saturated rings. The lowest BCUT2D eigenvalue weighted by Gasteiger charge is -2.01. The molecule has 0 N–H and O–H groups in total. The van der Waals surface area contributed by atoms with Crippen LogP contribution in [0, 0.1) is 0 Å². The minimum Gasteiger partial charge on any atom is -0.456 e. The molecule has 0 unspecified atom stereocenters. The van der Waals surface area contributed by atoms with E-state index in [9.17, 15) is 0 Å². The van der Waals surface area contributed by atoms with Gasteiger partial charge in [-0.1, -0.05) is 37.6 Å². The molecular weight excluding hydrogens is 294 g/mol. The smallest absolute Gasteiger partial charge is 0.137 e. The van der Waals surface area contributed by atoms with Crippen LogP contribution in [0.2, 0.25) is 0 Å². The molecule has 0 saturated heterocycles. The topological polar surface area (TPSA) is 18.1 Å². The number of fused-ring (bicyclic) bond motifs is 7. The number of para-hydroxylation sites is 1. The average molecular weight is 313 g/mol. The van der Waals surface area contributed by atoms with Gasteiger partial charge in [0.05, 0.1) is 10.9 Å². The minimum atomic E-state index is 0.969. The molecule has 0 aliphatic rings. The lowest BCUT2D eigenvalue weighted by atomic mass is 10.0. The van der Waals surface area contributed by atoms with E-state index in [0.717, 1.165) is 24.0 Å².